The van der Waals surface area contributed by atoms with Crippen LogP contribution in [0.5, 0.6) is 0 Å². The van der Waals surface area contributed by atoms with Crippen LogP contribution in [0.25, 0.3) is 0 Å². The summed E-state index contributed by atoms with van der Waals surface area (Å²) in [5.74, 6) is 1.27. The quantitative estimate of drug-likeness (QED) is 0.816. The van der Waals surface area contributed by atoms with Crippen LogP contribution in [0.2, 0.25) is 0 Å². The second-order valence-corrected chi connectivity index (χ2v) is 6.59. The molecule has 0 atom stereocenters. The summed E-state index contributed by atoms with van der Waals surface area (Å²) in [6.45, 7) is 0. The number of benzene rings is 1. The van der Waals surface area contributed by atoms with Gasteiger partial charge in [0.25, 0.3) is 0 Å². The molecule has 0 unspecified atom stereocenters. The predicted octanol–water partition coefficient (Wildman–Crippen LogP) is 3.84. The summed E-state index contributed by atoms with van der Waals surface area (Å²) in [7, 11) is 0. The highest BCUT2D eigenvalue weighted by Gasteiger charge is 2.32. The van der Waals surface area contributed by atoms with Crippen molar-refractivity contribution in [3.8, 4) is 0 Å². The second-order valence-electron chi connectivity index (χ2n) is 5.45. The Bertz CT molecular complexity index is 407. The van der Waals surface area contributed by atoms with Crippen molar-refractivity contribution in [2.75, 3.05) is 5.75 Å². The van der Waals surface area contributed by atoms with Gasteiger partial charge in [-0.15, -0.1) is 11.8 Å². The fourth-order valence-electron chi connectivity index (χ4n) is 3.31. The maximum Gasteiger partial charge on any atom is 0.0412 e. The van der Waals surface area contributed by atoms with Crippen LogP contribution in [0.15, 0.2) is 23.1 Å². The molecule has 1 aromatic rings. The Morgan fingerprint density at radius 1 is 1.06 bits per heavy atom. The highest BCUT2D eigenvalue weighted by atomic mass is 32.2. The summed E-state index contributed by atoms with van der Waals surface area (Å²) in [5, 5.41) is 0. The van der Waals surface area contributed by atoms with E-state index in [1.165, 1.54) is 61.2 Å². The van der Waals surface area contributed by atoms with Crippen LogP contribution in [0, 0.1) is 0 Å². The molecule has 2 N–H and O–H groups in total. The first kappa shape index (κ1) is 11.6. The van der Waals surface area contributed by atoms with Crippen molar-refractivity contribution in [2.45, 2.75) is 55.4 Å². The molecule has 0 amide bonds. The largest absolute Gasteiger partial charge is 0.321 e. The SMILES string of the molecule is NC1(c2cccc3c2CCCS3)CCCCC1. The monoisotopic (exact) mass is 247 g/mol. The van der Waals surface area contributed by atoms with Crippen LogP contribution in [0.3, 0.4) is 0 Å². The van der Waals surface area contributed by atoms with Gasteiger partial charge < -0.3 is 5.73 Å². The standard InChI is InChI=1S/C15H21NS/c16-15(9-2-1-3-10-15)13-7-4-8-14-12(13)6-5-11-17-14/h4,7-8H,1-3,5-6,9-11,16H2. The molecule has 2 aliphatic rings. The minimum Gasteiger partial charge on any atom is -0.321 e. The molecule has 0 saturated heterocycles. The van der Waals surface area contributed by atoms with Gasteiger partial charge in [-0.1, -0.05) is 31.4 Å². The molecule has 0 aromatic heterocycles. The van der Waals surface area contributed by atoms with E-state index in [0.717, 1.165) is 0 Å². The first-order chi connectivity index (χ1) is 8.30. The van der Waals surface area contributed by atoms with Crippen LogP contribution >= 0.6 is 11.8 Å². The molecule has 0 bridgehead atoms. The van der Waals surface area contributed by atoms with Gasteiger partial charge in [-0.2, -0.15) is 0 Å². The summed E-state index contributed by atoms with van der Waals surface area (Å²) in [4.78, 5) is 1.49. The van der Waals surface area contributed by atoms with E-state index in [2.05, 4.69) is 18.2 Å². The molecule has 1 aliphatic carbocycles. The average Bonchev–Trinajstić information content (AvgIpc) is 2.39. The van der Waals surface area contributed by atoms with E-state index in [1.807, 2.05) is 11.8 Å². The van der Waals surface area contributed by atoms with Crippen LogP contribution in [0.1, 0.15) is 49.7 Å². The number of hydrogen-bond donors (Lipinski definition) is 1. The zero-order valence-electron chi connectivity index (χ0n) is 10.4. The maximum atomic E-state index is 6.70. The highest BCUT2D eigenvalue weighted by Crippen LogP contribution is 2.41. The van der Waals surface area contributed by atoms with E-state index < -0.39 is 0 Å². The zero-order valence-corrected chi connectivity index (χ0v) is 11.2. The number of nitrogens with two attached hydrogens (primary N) is 1. The van der Waals surface area contributed by atoms with E-state index in [-0.39, 0.29) is 5.54 Å². The van der Waals surface area contributed by atoms with Crippen molar-refractivity contribution in [1.82, 2.24) is 0 Å². The molecule has 1 nitrogen and oxygen atoms in total. The third kappa shape index (κ3) is 2.13. The van der Waals surface area contributed by atoms with Gasteiger partial charge >= 0.3 is 0 Å². The average molecular weight is 247 g/mol. The van der Waals surface area contributed by atoms with E-state index in [9.17, 15) is 0 Å². The van der Waals surface area contributed by atoms with Crippen molar-refractivity contribution in [3.63, 3.8) is 0 Å². The number of thioether (sulfide) groups is 1. The van der Waals surface area contributed by atoms with Gasteiger partial charge in [0, 0.05) is 10.4 Å². The third-order valence-corrected chi connectivity index (χ3v) is 5.43. The van der Waals surface area contributed by atoms with Gasteiger partial charge in [0.15, 0.2) is 0 Å². The summed E-state index contributed by atoms with van der Waals surface area (Å²) < 4.78 is 0. The van der Waals surface area contributed by atoms with Crippen molar-refractivity contribution in [1.29, 1.82) is 0 Å². The lowest BCUT2D eigenvalue weighted by atomic mass is 9.75. The van der Waals surface area contributed by atoms with Crippen LogP contribution < -0.4 is 5.73 Å². The molecule has 92 valence electrons. The fraction of sp³-hybridized carbons (Fsp3) is 0.600. The second kappa shape index (κ2) is 4.66. The zero-order chi connectivity index (χ0) is 11.7. The molecule has 3 rings (SSSR count). The van der Waals surface area contributed by atoms with E-state index in [1.54, 1.807) is 5.56 Å². The summed E-state index contributed by atoms with van der Waals surface area (Å²) in [5.41, 5.74) is 9.69. The molecule has 0 spiro atoms. The van der Waals surface area contributed by atoms with Gasteiger partial charge in [0.2, 0.25) is 0 Å². The minimum atomic E-state index is -0.0263. The molecule has 1 saturated carbocycles. The van der Waals surface area contributed by atoms with Gasteiger partial charge in [-0.05, 0) is 48.6 Å². The Morgan fingerprint density at radius 2 is 1.88 bits per heavy atom. The van der Waals surface area contributed by atoms with E-state index in [0.29, 0.717) is 0 Å². The fourth-order valence-corrected chi connectivity index (χ4v) is 4.38. The van der Waals surface area contributed by atoms with Crippen LogP contribution in [0.4, 0.5) is 0 Å². The maximum absolute atomic E-state index is 6.70. The highest BCUT2D eigenvalue weighted by molar-refractivity contribution is 7.99. The molecule has 1 aliphatic heterocycles. The topological polar surface area (TPSA) is 26.0 Å². The summed E-state index contributed by atoms with van der Waals surface area (Å²) in [6, 6.07) is 6.76. The predicted molar refractivity (Wildman–Crippen MR) is 74.4 cm³/mol. The molecule has 1 aromatic carbocycles. The molecule has 0 radical (unpaired) electrons. The Balaban J connectivity index is 2.01. The van der Waals surface area contributed by atoms with E-state index >= 15 is 0 Å². The molecular weight excluding hydrogens is 226 g/mol. The normalized spacial score (nSPS) is 23.1. The van der Waals surface area contributed by atoms with Crippen LogP contribution in [-0.4, -0.2) is 5.75 Å². The van der Waals surface area contributed by atoms with Crippen molar-refractivity contribution in [2.24, 2.45) is 5.73 Å². The Hall–Kier alpha value is -0.470. The molecule has 17 heavy (non-hydrogen) atoms. The smallest absolute Gasteiger partial charge is 0.0412 e. The van der Waals surface area contributed by atoms with Crippen molar-refractivity contribution < 1.29 is 0 Å². The summed E-state index contributed by atoms with van der Waals surface area (Å²) in [6.07, 6.45) is 8.85. The molecule has 1 fully saturated rings. The summed E-state index contributed by atoms with van der Waals surface area (Å²) >= 11 is 2.01. The van der Waals surface area contributed by atoms with Gasteiger partial charge in [0.1, 0.15) is 0 Å². The lowest BCUT2D eigenvalue weighted by Gasteiger charge is -2.36. The Kier molecular flexibility index (Phi) is 3.18. The molecular formula is C15H21NS. The van der Waals surface area contributed by atoms with Gasteiger partial charge in [0.05, 0.1) is 0 Å². The first-order valence-corrected chi connectivity index (χ1v) is 7.82. The Labute approximate surface area is 108 Å². The van der Waals surface area contributed by atoms with Crippen molar-refractivity contribution in [3.05, 3.63) is 29.3 Å². The minimum absolute atomic E-state index is 0.0263. The van der Waals surface area contributed by atoms with Gasteiger partial charge in [-0.3, -0.25) is 0 Å². The Morgan fingerprint density at radius 3 is 2.71 bits per heavy atom. The lowest BCUT2D eigenvalue weighted by Crippen LogP contribution is -2.39. The number of fused-ring (bicyclic) bond motifs is 1. The molecule has 2 heteroatoms. The number of rotatable bonds is 1. The van der Waals surface area contributed by atoms with Crippen LogP contribution in [-0.2, 0) is 12.0 Å². The lowest BCUT2D eigenvalue weighted by molar-refractivity contribution is 0.299. The third-order valence-electron chi connectivity index (χ3n) is 4.24. The van der Waals surface area contributed by atoms with Gasteiger partial charge in [-0.25, -0.2) is 0 Å². The van der Waals surface area contributed by atoms with Crippen molar-refractivity contribution >= 4 is 11.8 Å². The molecule has 1 heterocycles. The van der Waals surface area contributed by atoms with E-state index in [4.69, 9.17) is 5.73 Å². The number of hydrogen-bond acceptors (Lipinski definition) is 2. The first-order valence-electron chi connectivity index (χ1n) is 6.84.